The van der Waals surface area contributed by atoms with Gasteiger partial charge in [0, 0.05) is 30.2 Å². The van der Waals surface area contributed by atoms with Crippen molar-refractivity contribution >= 4 is 34.2 Å². The molecule has 172 valence electrons. The Balaban J connectivity index is 1.31. The summed E-state index contributed by atoms with van der Waals surface area (Å²) in [6, 6.07) is 7.65. The van der Waals surface area contributed by atoms with Gasteiger partial charge in [-0.1, -0.05) is 6.07 Å². The maximum absolute atomic E-state index is 12.3. The zero-order chi connectivity index (χ0) is 23.4. The molecule has 3 heterocycles. The minimum atomic E-state index is -0.600. The molecule has 2 aromatic heterocycles. The van der Waals surface area contributed by atoms with E-state index in [0.717, 1.165) is 35.7 Å². The van der Waals surface area contributed by atoms with E-state index in [2.05, 4.69) is 46.2 Å². The Morgan fingerprint density at radius 3 is 2.61 bits per heavy atom. The van der Waals surface area contributed by atoms with Gasteiger partial charge in [-0.2, -0.15) is 0 Å². The summed E-state index contributed by atoms with van der Waals surface area (Å²) in [5, 5.41) is 5.06. The number of nitrogens with one attached hydrogen (secondary N) is 1. The molecule has 1 fully saturated rings. The number of hydrogen-bond acceptors (Lipinski definition) is 8. The van der Waals surface area contributed by atoms with Crippen LogP contribution in [0.1, 0.15) is 27.0 Å². The van der Waals surface area contributed by atoms with Crippen molar-refractivity contribution in [2.24, 2.45) is 0 Å². The molecule has 1 N–H and O–H groups in total. The van der Waals surface area contributed by atoms with Crippen LogP contribution in [-0.2, 0) is 14.3 Å². The third-order valence-electron chi connectivity index (χ3n) is 5.52. The highest BCUT2D eigenvalue weighted by Crippen LogP contribution is 2.29. The summed E-state index contributed by atoms with van der Waals surface area (Å²) in [7, 11) is 0. The molecule has 0 unspecified atom stereocenters. The van der Waals surface area contributed by atoms with Gasteiger partial charge in [0.15, 0.2) is 11.7 Å². The van der Waals surface area contributed by atoms with Crippen molar-refractivity contribution in [1.82, 2.24) is 9.97 Å². The lowest BCUT2D eigenvalue weighted by molar-refractivity contribution is -0.119. The first-order valence-corrected chi connectivity index (χ1v) is 11.6. The topological polar surface area (TPSA) is 93.7 Å². The summed E-state index contributed by atoms with van der Waals surface area (Å²) in [5.74, 6) is -0.262. The summed E-state index contributed by atoms with van der Waals surface area (Å²) >= 11 is 1.33. The highest BCUT2D eigenvalue weighted by Gasteiger charge is 2.16. The van der Waals surface area contributed by atoms with Crippen LogP contribution in [0.5, 0.6) is 0 Å². The number of amides is 1. The van der Waals surface area contributed by atoms with Crippen LogP contribution in [0.3, 0.4) is 0 Å². The molecule has 8 nitrogen and oxygen atoms in total. The Morgan fingerprint density at radius 1 is 1.12 bits per heavy atom. The molecule has 4 rings (SSSR count). The summed E-state index contributed by atoms with van der Waals surface area (Å²) in [6.07, 6.45) is 1.46. The van der Waals surface area contributed by atoms with Crippen LogP contribution in [0, 0.1) is 20.8 Å². The molecule has 1 saturated heterocycles. The maximum atomic E-state index is 12.3. The number of anilines is 2. The predicted octanol–water partition coefficient (Wildman–Crippen LogP) is 3.76. The van der Waals surface area contributed by atoms with Gasteiger partial charge in [-0.15, -0.1) is 11.3 Å². The van der Waals surface area contributed by atoms with Gasteiger partial charge >= 0.3 is 5.97 Å². The van der Waals surface area contributed by atoms with Gasteiger partial charge < -0.3 is 14.4 Å². The number of hydrogen-bond donors (Lipinski definition) is 1. The van der Waals surface area contributed by atoms with Crippen LogP contribution in [0.4, 0.5) is 10.9 Å². The van der Waals surface area contributed by atoms with Gasteiger partial charge in [0.1, 0.15) is 5.82 Å². The van der Waals surface area contributed by atoms with Gasteiger partial charge in [0.2, 0.25) is 0 Å². The molecule has 3 aromatic rings. The molecular formula is C24H26N4O4S. The fraction of sp³-hybridized carbons (Fsp3) is 0.333. The number of esters is 1. The van der Waals surface area contributed by atoms with Crippen LogP contribution in [0.15, 0.2) is 35.8 Å². The third-order valence-corrected chi connectivity index (χ3v) is 6.28. The molecule has 33 heavy (non-hydrogen) atoms. The standard InChI is InChI=1S/C24H26N4O4S/c1-15-10-17(3)19(11-16(15)2)20-14-33-24(26-20)27-22(29)13-32-23(30)18-4-5-21(25-12-18)28-6-8-31-9-7-28/h4-5,10-12,14H,6-9,13H2,1-3H3,(H,26,27,29). The molecule has 0 bridgehead atoms. The molecule has 0 saturated carbocycles. The minimum Gasteiger partial charge on any atom is -0.452 e. The zero-order valence-electron chi connectivity index (χ0n) is 18.9. The number of thiazole rings is 1. The molecule has 1 aliphatic heterocycles. The van der Waals surface area contributed by atoms with Crippen molar-refractivity contribution in [3.05, 3.63) is 58.1 Å². The molecule has 0 aliphatic carbocycles. The van der Waals surface area contributed by atoms with E-state index >= 15 is 0 Å². The largest absolute Gasteiger partial charge is 0.452 e. The highest BCUT2D eigenvalue weighted by atomic mass is 32.1. The monoisotopic (exact) mass is 466 g/mol. The smallest absolute Gasteiger partial charge is 0.340 e. The lowest BCUT2D eigenvalue weighted by Gasteiger charge is -2.27. The SMILES string of the molecule is Cc1cc(C)c(-c2csc(NC(=O)COC(=O)c3ccc(N4CCOCC4)nc3)n2)cc1C. The molecule has 1 amide bonds. The van der Waals surface area contributed by atoms with Crippen LogP contribution in [0.2, 0.25) is 0 Å². The van der Waals surface area contributed by atoms with E-state index in [0.29, 0.717) is 23.9 Å². The van der Waals surface area contributed by atoms with Crippen molar-refractivity contribution in [3.63, 3.8) is 0 Å². The molecule has 0 spiro atoms. The van der Waals surface area contributed by atoms with Crippen molar-refractivity contribution in [3.8, 4) is 11.3 Å². The van der Waals surface area contributed by atoms with Crippen LogP contribution in [-0.4, -0.2) is 54.8 Å². The summed E-state index contributed by atoms with van der Waals surface area (Å²) in [5.41, 5.74) is 5.68. The van der Waals surface area contributed by atoms with E-state index in [-0.39, 0.29) is 0 Å². The molecule has 0 radical (unpaired) electrons. The second-order valence-corrected chi connectivity index (χ2v) is 8.78. The molecular weight excluding hydrogens is 440 g/mol. The molecule has 9 heteroatoms. The van der Waals surface area contributed by atoms with E-state index in [1.54, 1.807) is 12.1 Å². The number of ether oxygens (including phenoxy) is 2. The Bertz CT molecular complexity index is 1150. The number of morpholine rings is 1. The van der Waals surface area contributed by atoms with Crippen LogP contribution < -0.4 is 10.2 Å². The first-order valence-electron chi connectivity index (χ1n) is 10.7. The van der Waals surface area contributed by atoms with Crippen LogP contribution >= 0.6 is 11.3 Å². The number of nitrogens with zero attached hydrogens (tertiary/aromatic N) is 3. The number of benzene rings is 1. The number of carbonyl (C=O) groups is 2. The number of aromatic nitrogens is 2. The van der Waals surface area contributed by atoms with Crippen molar-refractivity contribution < 1.29 is 19.1 Å². The van der Waals surface area contributed by atoms with Gasteiger partial charge in [0.25, 0.3) is 5.91 Å². The normalized spacial score (nSPS) is 13.6. The fourth-order valence-corrected chi connectivity index (χ4v) is 4.27. The summed E-state index contributed by atoms with van der Waals surface area (Å²) in [6.45, 7) is 8.62. The Labute approximate surface area is 196 Å². The van der Waals surface area contributed by atoms with Gasteiger partial charge in [-0.05, 0) is 55.7 Å². The van der Waals surface area contributed by atoms with E-state index in [1.165, 1.54) is 28.7 Å². The quantitative estimate of drug-likeness (QED) is 0.553. The Kier molecular flexibility index (Phi) is 7.00. The third kappa shape index (κ3) is 5.55. The number of aryl methyl sites for hydroxylation is 3. The number of carbonyl (C=O) groups excluding carboxylic acids is 2. The zero-order valence-corrected chi connectivity index (χ0v) is 19.7. The number of pyridine rings is 1. The average Bonchev–Trinajstić information content (AvgIpc) is 3.28. The van der Waals surface area contributed by atoms with Crippen molar-refractivity contribution in [2.45, 2.75) is 20.8 Å². The lowest BCUT2D eigenvalue weighted by Crippen LogP contribution is -2.36. The lowest BCUT2D eigenvalue weighted by atomic mass is 9.99. The number of rotatable bonds is 6. The first kappa shape index (κ1) is 22.9. The molecule has 0 atom stereocenters. The van der Waals surface area contributed by atoms with Crippen LogP contribution in [0.25, 0.3) is 11.3 Å². The van der Waals surface area contributed by atoms with Crippen molar-refractivity contribution in [1.29, 1.82) is 0 Å². The van der Waals surface area contributed by atoms with Gasteiger partial charge in [0.05, 0.1) is 24.5 Å². The highest BCUT2D eigenvalue weighted by molar-refractivity contribution is 7.14. The van der Waals surface area contributed by atoms with Gasteiger partial charge in [-0.25, -0.2) is 14.8 Å². The molecule has 1 aliphatic rings. The Hall–Kier alpha value is -3.30. The van der Waals surface area contributed by atoms with E-state index < -0.39 is 18.5 Å². The second kappa shape index (κ2) is 10.1. The summed E-state index contributed by atoms with van der Waals surface area (Å²) in [4.78, 5) is 35.5. The van der Waals surface area contributed by atoms with Gasteiger partial charge in [-0.3, -0.25) is 10.1 Å². The molecule has 1 aromatic carbocycles. The fourth-order valence-electron chi connectivity index (χ4n) is 3.55. The Morgan fingerprint density at radius 2 is 1.88 bits per heavy atom. The van der Waals surface area contributed by atoms with E-state index in [4.69, 9.17) is 9.47 Å². The summed E-state index contributed by atoms with van der Waals surface area (Å²) < 4.78 is 10.5. The first-order chi connectivity index (χ1) is 15.9. The second-order valence-electron chi connectivity index (χ2n) is 7.92. The predicted molar refractivity (Wildman–Crippen MR) is 128 cm³/mol. The average molecular weight is 467 g/mol. The van der Waals surface area contributed by atoms with Crippen molar-refractivity contribution in [2.75, 3.05) is 43.1 Å². The minimum absolute atomic E-state index is 0.293. The van der Waals surface area contributed by atoms with E-state index in [1.807, 2.05) is 12.3 Å². The van der Waals surface area contributed by atoms with E-state index in [9.17, 15) is 9.59 Å². The maximum Gasteiger partial charge on any atom is 0.340 e.